The molecular weight excluding hydrogens is 844 g/mol. The molecule has 9 nitrogen and oxygen atoms in total. The highest BCUT2D eigenvalue weighted by molar-refractivity contribution is 7.45. The SMILES string of the molecule is CCCCCCCC/C=C\C/C=C/CCC(=O)NC(COP(=O)([O-])OCC[N+](C)(C)C)C(/C=C/CCCCCCCCCCCC)OC(=O)CCCCCCCCCCCCCCCCC. The molecular formula is C56H107N2O7P. The first-order valence-electron chi connectivity index (χ1n) is 27.8. The summed E-state index contributed by atoms with van der Waals surface area (Å²) in [5.41, 5.74) is 0. The second-order valence-corrected chi connectivity index (χ2v) is 21.5. The zero-order valence-corrected chi connectivity index (χ0v) is 45.0. The number of nitrogens with zero attached hydrogens (tertiary/aromatic N) is 1. The molecule has 10 heteroatoms. The summed E-state index contributed by atoms with van der Waals surface area (Å²) in [5.74, 6) is -0.611. The van der Waals surface area contributed by atoms with Crippen molar-refractivity contribution in [2.45, 2.75) is 270 Å². The maximum atomic E-state index is 13.4. The van der Waals surface area contributed by atoms with E-state index in [-0.39, 0.29) is 31.3 Å². The fourth-order valence-electron chi connectivity index (χ4n) is 7.98. The molecule has 0 saturated carbocycles. The molecule has 0 aliphatic rings. The lowest BCUT2D eigenvalue weighted by molar-refractivity contribution is -0.870. The van der Waals surface area contributed by atoms with Crippen molar-refractivity contribution in [3.8, 4) is 0 Å². The summed E-state index contributed by atoms with van der Waals surface area (Å²) >= 11 is 0. The van der Waals surface area contributed by atoms with Crippen molar-refractivity contribution in [2.75, 3.05) is 40.9 Å². The number of rotatable bonds is 50. The minimum Gasteiger partial charge on any atom is -0.756 e. The highest BCUT2D eigenvalue weighted by Crippen LogP contribution is 2.38. The number of nitrogens with one attached hydrogen (secondary N) is 1. The van der Waals surface area contributed by atoms with Crippen LogP contribution >= 0.6 is 7.82 Å². The number of quaternary nitrogens is 1. The highest BCUT2D eigenvalue weighted by atomic mass is 31.2. The van der Waals surface area contributed by atoms with Crippen LogP contribution in [0.1, 0.15) is 258 Å². The average molecular weight is 951 g/mol. The van der Waals surface area contributed by atoms with Gasteiger partial charge in [-0.05, 0) is 51.0 Å². The van der Waals surface area contributed by atoms with E-state index in [0.717, 1.165) is 51.4 Å². The Morgan fingerprint density at radius 3 is 1.39 bits per heavy atom. The molecule has 66 heavy (non-hydrogen) atoms. The van der Waals surface area contributed by atoms with Gasteiger partial charge in [0.15, 0.2) is 0 Å². The van der Waals surface area contributed by atoms with E-state index in [0.29, 0.717) is 17.4 Å². The van der Waals surface area contributed by atoms with E-state index >= 15 is 0 Å². The number of esters is 1. The van der Waals surface area contributed by atoms with Crippen molar-refractivity contribution in [3.05, 3.63) is 36.5 Å². The first-order chi connectivity index (χ1) is 31.9. The fraction of sp³-hybridized carbons (Fsp3) is 0.857. The third-order valence-electron chi connectivity index (χ3n) is 12.3. The van der Waals surface area contributed by atoms with Gasteiger partial charge in [0.1, 0.15) is 19.3 Å². The van der Waals surface area contributed by atoms with Gasteiger partial charge in [0.25, 0.3) is 7.82 Å². The number of unbranched alkanes of at least 4 members (excludes halogenated alkanes) is 30. The first kappa shape index (κ1) is 64.2. The predicted molar refractivity (Wildman–Crippen MR) is 279 cm³/mol. The third kappa shape index (κ3) is 47.3. The normalized spacial score (nSPS) is 14.1. The van der Waals surface area contributed by atoms with Crippen molar-refractivity contribution < 1.29 is 37.3 Å². The van der Waals surface area contributed by atoms with Gasteiger partial charge in [0, 0.05) is 12.8 Å². The van der Waals surface area contributed by atoms with Crippen molar-refractivity contribution in [3.63, 3.8) is 0 Å². The van der Waals surface area contributed by atoms with E-state index in [1.165, 1.54) is 167 Å². The van der Waals surface area contributed by atoms with Gasteiger partial charge in [-0.2, -0.15) is 0 Å². The zero-order chi connectivity index (χ0) is 48.7. The Labute approximate surface area is 408 Å². The van der Waals surface area contributed by atoms with Crippen molar-refractivity contribution in [1.82, 2.24) is 5.32 Å². The van der Waals surface area contributed by atoms with E-state index in [1.54, 1.807) is 0 Å². The lowest BCUT2D eigenvalue weighted by Crippen LogP contribution is -2.47. The lowest BCUT2D eigenvalue weighted by atomic mass is 10.0. The number of ether oxygens (including phenoxy) is 1. The molecule has 0 aromatic heterocycles. The number of likely N-dealkylation sites (N-methyl/N-ethyl adjacent to an activating group) is 1. The van der Waals surface area contributed by atoms with Gasteiger partial charge in [-0.1, -0.05) is 231 Å². The second kappa shape index (κ2) is 46.9. The minimum atomic E-state index is -4.70. The molecule has 1 amide bonds. The van der Waals surface area contributed by atoms with Crippen LogP contribution in [0, 0.1) is 0 Å². The standard InChI is InChI=1S/C56H107N2O7P/c1-7-10-13-16-19-22-25-28-29-31-34-37-40-43-46-49-56(60)65-54(47-44-41-38-35-32-27-24-21-18-15-12-9-3)53(52-64-66(61,62)63-51-50-58(4,5)6)57-55(59)48-45-42-39-36-33-30-26-23-20-17-14-11-8-2/h30,33,39,42,44,47,53-54H,7-29,31-32,34-38,40-41,43,45-46,48-52H2,1-6H3,(H-,57,59,61,62)/b33-30-,42-39+,47-44+. The molecule has 1 N–H and O–H groups in total. The summed E-state index contributed by atoms with van der Waals surface area (Å²) in [7, 11) is 1.16. The molecule has 0 aliphatic heterocycles. The molecule has 388 valence electrons. The summed E-state index contributed by atoms with van der Waals surface area (Å²) in [4.78, 5) is 39.7. The van der Waals surface area contributed by atoms with E-state index in [1.807, 2.05) is 39.4 Å². The molecule has 0 radical (unpaired) electrons. The summed E-state index contributed by atoms with van der Waals surface area (Å²) in [6.07, 6.45) is 54.1. The summed E-state index contributed by atoms with van der Waals surface area (Å²) in [5, 5.41) is 2.98. The third-order valence-corrected chi connectivity index (χ3v) is 13.3. The van der Waals surface area contributed by atoms with Crippen LogP contribution in [-0.4, -0.2) is 69.4 Å². The number of carbonyl (C=O) groups excluding carboxylic acids is 2. The molecule has 0 aromatic rings. The smallest absolute Gasteiger partial charge is 0.306 e. The largest absolute Gasteiger partial charge is 0.756 e. The molecule has 0 spiro atoms. The van der Waals surface area contributed by atoms with Crippen LogP contribution in [0.25, 0.3) is 0 Å². The Hall–Kier alpha value is -1.77. The van der Waals surface area contributed by atoms with E-state index < -0.39 is 26.6 Å². The van der Waals surface area contributed by atoms with Gasteiger partial charge in [-0.15, -0.1) is 0 Å². The van der Waals surface area contributed by atoms with E-state index in [2.05, 4.69) is 44.3 Å². The highest BCUT2D eigenvalue weighted by Gasteiger charge is 2.27. The maximum absolute atomic E-state index is 13.4. The number of hydrogen-bond acceptors (Lipinski definition) is 7. The summed E-state index contributed by atoms with van der Waals surface area (Å²) in [6, 6.07) is -0.912. The number of amides is 1. The molecule has 3 atom stereocenters. The van der Waals surface area contributed by atoms with E-state index in [4.69, 9.17) is 13.8 Å². The van der Waals surface area contributed by atoms with Crippen LogP contribution in [0.5, 0.6) is 0 Å². The predicted octanol–water partition coefficient (Wildman–Crippen LogP) is 15.8. The molecule has 0 fully saturated rings. The van der Waals surface area contributed by atoms with Gasteiger partial charge in [-0.25, -0.2) is 0 Å². The van der Waals surface area contributed by atoms with Gasteiger partial charge in [0.2, 0.25) is 5.91 Å². The molecule has 0 aliphatic carbocycles. The summed E-state index contributed by atoms with van der Waals surface area (Å²) < 4.78 is 30.1. The number of hydrogen-bond donors (Lipinski definition) is 1. The minimum absolute atomic E-state index is 0.0295. The van der Waals surface area contributed by atoms with Gasteiger partial charge < -0.3 is 28.5 Å². The van der Waals surface area contributed by atoms with Crippen LogP contribution in [-0.2, 0) is 27.9 Å². The van der Waals surface area contributed by atoms with Gasteiger partial charge >= 0.3 is 5.97 Å². The molecule has 0 rings (SSSR count). The average Bonchev–Trinajstić information content (AvgIpc) is 3.27. The molecule has 0 bridgehead atoms. The maximum Gasteiger partial charge on any atom is 0.306 e. The van der Waals surface area contributed by atoms with Crippen LogP contribution in [0.4, 0.5) is 0 Å². The van der Waals surface area contributed by atoms with Crippen LogP contribution in [0.2, 0.25) is 0 Å². The second-order valence-electron chi connectivity index (χ2n) is 20.1. The van der Waals surface area contributed by atoms with Crippen molar-refractivity contribution in [1.29, 1.82) is 0 Å². The fourth-order valence-corrected chi connectivity index (χ4v) is 8.71. The topological polar surface area (TPSA) is 114 Å². The van der Waals surface area contributed by atoms with Gasteiger partial charge in [-0.3, -0.25) is 14.2 Å². The quantitative estimate of drug-likeness (QED) is 0.0212. The Morgan fingerprint density at radius 2 is 0.939 bits per heavy atom. The Bertz CT molecular complexity index is 1230. The number of phosphoric ester groups is 1. The molecule has 3 unspecified atom stereocenters. The Balaban J connectivity index is 5.43. The van der Waals surface area contributed by atoms with Crippen LogP contribution in [0.3, 0.4) is 0 Å². The van der Waals surface area contributed by atoms with Crippen molar-refractivity contribution >= 4 is 19.7 Å². The number of phosphoric acid groups is 1. The lowest BCUT2D eigenvalue weighted by Gasteiger charge is -2.30. The van der Waals surface area contributed by atoms with Crippen molar-refractivity contribution in [2.24, 2.45) is 0 Å². The summed E-state index contributed by atoms with van der Waals surface area (Å²) in [6.45, 7) is 6.79. The number of carbonyl (C=O) groups is 2. The molecule has 0 saturated heterocycles. The molecule has 0 heterocycles. The zero-order valence-electron chi connectivity index (χ0n) is 44.2. The molecule has 0 aromatic carbocycles. The Kier molecular flexibility index (Phi) is 45.7. The van der Waals surface area contributed by atoms with Gasteiger partial charge in [0.05, 0.1) is 33.8 Å². The monoisotopic (exact) mass is 951 g/mol. The van der Waals surface area contributed by atoms with E-state index in [9.17, 15) is 19.0 Å². The Morgan fingerprint density at radius 1 is 0.530 bits per heavy atom. The van der Waals surface area contributed by atoms with Crippen LogP contribution < -0.4 is 10.2 Å². The number of allylic oxidation sites excluding steroid dienone is 5. The first-order valence-corrected chi connectivity index (χ1v) is 29.3. The van der Waals surface area contributed by atoms with Crippen LogP contribution in [0.15, 0.2) is 36.5 Å².